The molecule has 2 nitrogen and oxygen atoms in total. The van der Waals surface area contributed by atoms with Gasteiger partial charge in [-0.3, -0.25) is 4.90 Å². The molecule has 0 aromatic heterocycles. The molecule has 0 amide bonds. The summed E-state index contributed by atoms with van der Waals surface area (Å²) in [5.74, 6) is -0.101. The number of nitrogens with zero attached hydrogens (tertiary/aromatic N) is 1. The average Bonchev–Trinajstić information content (AvgIpc) is 3.17. The number of hydrogen-bond donors (Lipinski definition) is 1. The predicted molar refractivity (Wildman–Crippen MR) is 80.3 cm³/mol. The Morgan fingerprint density at radius 2 is 2.10 bits per heavy atom. The number of rotatable bonds is 4. The second-order valence-electron chi connectivity index (χ2n) is 6.61. The van der Waals surface area contributed by atoms with E-state index in [-0.39, 0.29) is 11.9 Å². The molecule has 1 saturated heterocycles. The SMILES string of the molecule is Cc1ccc(C(C)NC2CC(C)N(C3CC3)C2)cc1F. The number of halogens is 1. The molecule has 1 aliphatic carbocycles. The molecule has 20 heavy (non-hydrogen) atoms. The molecule has 3 rings (SSSR count). The summed E-state index contributed by atoms with van der Waals surface area (Å²) in [6, 6.07) is 7.84. The first-order valence-corrected chi connectivity index (χ1v) is 7.82. The first-order valence-electron chi connectivity index (χ1n) is 7.82. The van der Waals surface area contributed by atoms with Crippen molar-refractivity contribution in [1.29, 1.82) is 0 Å². The molecule has 0 bridgehead atoms. The molecule has 2 fully saturated rings. The van der Waals surface area contributed by atoms with Gasteiger partial charge in [0.05, 0.1) is 0 Å². The lowest BCUT2D eigenvalue weighted by Crippen LogP contribution is -2.35. The fourth-order valence-corrected chi connectivity index (χ4v) is 3.42. The lowest BCUT2D eigenvalue weighted by molar-refractivity contribution is 0.254. The summed E-state index contributed by atoms with van der Waals surface area (Å²) in [5, 5.41) is 3.68. The van der Waals surface area contributed by atoms with Crippen molar-refractivity contribution >= 4 is 0 Å². The maximum absolute atomic E-state index is 13.7. The van der Waals surface area contributed by atoms with Crippen molar-refractivity contribution in [2.75, 3.05) is 6.54 Å². The van der Waals surface area contributed by atoms with Crippen LogP contribution >= 0.6 is 0 Å². The van der Waals surface area contributed by atoms with E-state index in [2.05, 4.69) is 24.1 Å². The van der Waals surface area contributed by atoms with E-state index in [9.17, 15) is 4.39 Å². The standard InChI is InChI=1S/C17H25FN2/c1-11-4-5-14(9-17(11)18)13(3)19-15-8-12(2)20(10-15)16-6-7-16/h4-5,9,12-13,15-16,19H,6-8,10H2,1-3H3. The van der Waals surface area contributed by atoms with Crippen molar-refractivity contribution in [2.24, 2.45) is 0 Å². The van der Waals surface area contributed by atoms with E-state index in [1.807, 2.05) is 19.1 Å². The largest absolute Gasteiger partial charge is 0.306 e. The van der Waals surface area contributed by atoms with E-state index in [0.29, 0.717) is 12.1 Å². The van der Waals surface area contributed by atoms with Crippen LogP contribution in [0.1, 0.15) is 50.3 Å². The fourth-order valence-electron chi connectivity index (χ4n) is 3.42. The number of hydrogen-bond acceptors (Lipinski definition) is 2. The van der Waals surface area contributed by atoms with E-state index in [1.54, 1.807) is 6.07 Å². The Morgan fingerprint density at radius 1 is 1.35 bits per heavy atom. The molecule has 2 aliphatic rings. The van der Waals surface area contributed by atoms with Crippen LogP contribution in [0.2, 0.25) is 0 Å². The van der Waals surface area contributed by atoms with Crippen LogP contribution in [0.3, 0.4) is 0 Å². The number of nitrogens with one attached hydrogen (secondary N) is 1. The molecule has 1 N–H and O–H groups in total. The Hall–Kier alpha value is -0.930. The topological polar surface area (TPSA) is 15.3 Å². The van der Waals surface area contributed by atoms with Gasteiger partial charge < -0.3 is 5.32 Å². The van der Waals surface area contributed by atoms with Gasteiger partial charge >= 0.3 is 0 Å². The molecular weight excluding hydrogens is 251 g/mol. The van der Waals surface area contributed by atoms with Crippen LogP contribution in [0.25, 0.3) is 0 Å². The van der Waals surface area contributed by atoms with Crippen LogP contribution in [-0.4, -0.2) is 29.6 Å². The minimum Gasteiger partial charge on any atom is -0.306 e. The highest BCUT2D eigenvalue weighted by Gasteiger charge is 2.38. The van der Waals surface area contributed by atoms with Gasteiger partial charge in [-0.15, -0.1) is 0 Å². The van der Waals surface area contributed by atoms with Gasteiger partial charge in [0.25, 0.3) is 0 Å². The summed E-state index contributed by atoms with van der Waals surface area (Å²) in [4.78, 5) is 2.64. The Morgan fingerprint density at radius 3 is 2.75 bits per heavy atom. The molecular formula is C17H25FN2. The molecule has 0 spiro atoms. The van der Waals surface area contributed by atoms with Gasteiger partial charge in [-0.05, 0) is 57.2 Å². The van der Waals surface area contributed by atoms with Crippen LogP contribution in [0, 0.1) is 12.7 Å². The lowest BCUT2D eigenvalue weighted by Gasteiger charge is -2.21. The third kappa shape index (κ3) is 2.89. The van der Waals surface area contributed by atoms with Crippen molar-refractivity contribution < 1.29 is 4.39 Å². The van der Waals surface area contributed by atoms with Gasteiger partial charge in [0.1, 0.15) is 5.82 Å². The van der Waals surface area contributed by atoms with Crippen LogP contribution in [0.4, 0.5) is 4.39 Å². The zero-order valence-corrected chi connectivity index (χ0v) is 12.7. The summed E-state index contributed by atoms with van der Waals surface area (Å²) < 4.78 is 13.7. The molecule has 1 aromatic rings. The number of aryl methyl sites for hydroxylation is 1. The molecule has 1 aliphatic heterocycles. The second kappa shape index (κ2) is 5.45. The van der Waals surface area contributed by atoms with Gasteiger partial charge in [-0.1, -0.05) is 12.1 Å². The summed E-state index contributed by atoms with van der Waals surface area (Å²) >= 11 is 0. The second-order valence-corrected chi connectivity index (χ2v) is 6.61. The van der Waals surface area contributed by atoms with Gasteiger partial charge in [0, 0.05) is 30.7 Å². The molecule has 0 radical (unpaired) electrons. The van der Waals surface area contributed by atoms with E-state index < -0.39 is 0 Å². The summed E-state index contributed by atoms with van der Waals surface area (Å²) in [6.07, 6.45) is 3.95. The minimum atomic E-state index is -0.101. The van der Waals surface area contributed by atoms with Crippen molar-refractivity contribution in [3.05, 3.63) is 35.1 Å². The zero-order chi connectivity index (χ0) is 14.3. The molecule has 3 atom stereocenters. The summed E-state index contributed by atoms with van der Waals surface area (Å²) in [6.45, 7) is 7.42. The number of likely N-dealkylation sites (tertiary alicyclic amines) is 1. The number of benzene rings is 1. The molecule has 1 aromatic carbocycles. The van der Waals surface area contributed by atoms with Crippen LogP contribution in [0.5, 0.6) is 0 Å². The van der Waals surface area contributed by atoms with E-state index in [0.717, 1.165) is 23.7 Å². The summed E-state index contributed by atoms with van der Waals surface area (Å²) in [5.41, 5.74) is 1.76. The molecule has 3 heteroatoms. The average molecular weight is 276 g/mol. The molecule has 110 valence electrons. The summed E-state index contributed by atoms with van der Waals surface area (Å²) in [7, 11) is 0. The van der Waals surface area contributed by atoms with Gasteiger partial charge in [0.15, 0.2) is 0 Å². The van der Waals surface area contributed by atoms with E-state index in [4.69, 9.17) is 0 Å². The first kappa shape index (κ1) is 14.0. The fraction of sp³-hybridized carbons (Fsp3) is 0.647. The maximum Gasteiger partial charge on any atom is 0.126 e. The third-order valence-electron chi connectivity index (χ3n) is 4.82. The highest BCUT2D eigenvalue weighted by atomic mass is 19.1. The van der Waals surface area contributed by atoms with Gasteiger partial charge in [0.2, 0.25) is 0 Å². The Labute approximate surface area is 121 Å². The van der Waals surface area contributed by atoms with E-state index >= 15 is 0 Å². The van der Waals surface area contributed by atoms with Crippen LogP contribution < -0.4 is 5.32 Å². The van der Waals surface area contributed by atoms with Crippen molar-refractivity contribution in [1.82, 2.24) is 10.2 Å². The Balaban J connectivity index is 1.61. The third-order valence-corrected chi connectivity index (χ3v) is 4.82. The smallest absolute Gasteiger partial charge is 0.126 e. The van der Waals surface area contributed by atoms with Gasteiger partial charge in [-0.25, -0.2) is 4.39 Å². The normalized spacial score (nSPS) is 28.8. The van der Waals surface area contributed by atoms with Gasteiger partial charge in [-0.2, -0.15) is 0 Å². The first-order chi connectivity index (χ1) is 9.54. The monoisotopic (exact) mass is 276 g/mol. The van der Waals surface area contributed by atoms with Crippen LogP contribution in [-0.2, 0) is 0 Å². The van der Waals surface area contributed by atoms with Crippen LogP contribution in [0.15, 0.2) is 18.2 Å². The van der Waals surface area contributed by atoms with E-state index in [1.165, 1.54) is 19.3 Å². The lowest BCUT2D eigenvalue weighted by atomic mass is 10.0. The quantitative estimate of drug-likeness (QED) is 0.906. The van der Waals surface area contributed by atoms with Crippen molar-refractivity contribution in [3.8, 4) is 0 Å². The molecule has 1 heterocycles. The predicted octanol–water partition coefficient (Wildman–Crippen LogP) is 3.41. The maximum atomic E-state index is 13.7. The zero-order valence-electron chi connectivity index (χ0n) is 12.7. The highest BCUT2D eigenvalue weighted by molar-refractivity contribution is 5.25. The minimum absolute atomic E-state index is 0.101. The Kier molecular flexibility index (Phi) is 3.83. The van der Waals surface area contributed by atoms with Crippen molar-refractivity contribution in [2.45, 2.75) is 64.2 Å². The molecule has 3 unspecified atom stereocenters. The molecule has 1 saturated carbocycles. The highest BCUT2D eigenvalue weighted by Crippen LogP contribution is 2.33. The Bertz CT molecular complexity index is 484. The van der Waals surface area contributed by atoms with Crippen molar-refractivity contribution in [3.63, 3.8) is 0 Å².